The molecule has 0 unspecified atom stereocenters. The minimum absolute atomic E-state index is 0.238. The highest BCUT2D eigenvalue weighted by Crippen LogP contribution is 2.26. The van der Waals surface area contributed by atoms with Crippen LogP contribution in [0.4, 0.5) is 8.78 Å². The lowest BCUT2D eigenvalue weighted by molar-refractivity contribution is 0.303. The van der Waals surface area contributed by atoms with Crippen molar-refractivity contribution in [2.24, 2.45) is 0 Å². The molecule has 0 saturated carbocycles. The molecule has 1 nitrogen and oxygen atoms in total. The Hall–Kier alpha value is -1.42. The number of rotatable bonds is 3. The monoisotopic (exact) mass is 298 g/mol. The Bertz CT molecular complexity index is 529. The van der Waals surface area contributed by atoms with E-state index in [0.717, 1.165) is 5.56 Å². The van der Waals surface area contributed by atoms with Gasteiger partial charge in [-0.05, 0) is 51.8 Å². The molecule has 2 aromatic carbocycles. The van der Waals surface area contributed by atoms with Gasteiger partial charge in [-0.15, -0.1) is 0 Å². The van der Waals surface area contributed by atoms with E-state index >= 15 is 0 Å². The van der Waals surface area contributed by atoms with E-state index in [1.165, 1.54) is 30.3 Å². The van der Waals surface area contributed by atoms with E-state index < -0.39 is 0 Å². The molecule has 0 heterocycles. The van der Waals surface area contributed by atoms with Gasteiger partial charge < -0.3 is 4.74 Å². The molecule has 88 valence electrons. The van der Waals surface area contributed by atoms with Crippen molar-refractivity contribution in [3.05, 3.63) is 64.1 Å². The third-order valence-electron chi connectivity index (χ3n) is 2.18. The molecule has 0 fully saturated rings. The highest BCUT2D eigenvalue weighted by Gasteiger charge is 2.03. The van der Waals surface area contributed by atoms with Crippen molar-refractivity contribution in [1.29, 1.82) is 0 Å². The number of hydrogen-bond acceptors (Lipinski definition) is 1. The lowest BCUT2D eigenvalue weighted by Gasteiger charge is -2.08. The molecule has 17 heavy (non-hydrogen) atoms. The Labute approximate surface area is 106 Å². The summed E-state index contributed by atoms with van der Waals surface area (Å²) in [6, 6.07) is 10.3. The van der Waals surface area contributed by atoms with Gasteiger partial charge in [0.05, 0.1) is 4.47 Å². The Balaban J connectivity index is 2.07. The zero-order valence-electron chi connectivity index (χ0n) is 8.79. The first-order valence-electron chi connectivity index (χ1n) is 4.97. The van der Waals surface area contributed by atoms with Crippen LogP contribution in [-0.2, 0) is 6.61 Å². The number of hydrogen-bond donors (Lipinski definition) is 0. The first-order valence-corrected chi connectivity index (χ1v) is 5.77. The number of halogens is 3. The first kappa shape index (κ1) is 12.0. The predicted molar refractivity (Wildman–Crippen MR) is 64.8 cm³/mol. The van der Waals surface area contributed by atoms with Crippen LogP contribution in [0.3, 0.4) is 0 Å². The second kappa shape index (κ2) is 5.27. The van der Waals surface area contributed by atoms with Gasteiger partial charge in [-0.1, -0.05) is 12.1 Å². The quantitative estimate of drug-likeness (QED) is 0.820. The summed E-state index contributed by atoms with van der Waals surface area (Å²) in [5, 5.41) is 0. The summed E-state index contributed by atoms with van der Waals surface area (Å²) >= 11 is 3.20. The Morgan fingerprint density at radius 2 is 1.76 bits per heavy atom. The standard InChI is InChI=1S/C13H9BrF2O/c14-12-7-11(16)4-5-13(12)17-8-9-2-1-3-10(15)6-9/h1-7H,8H2. The minimum atomic E-state index is -0.338. The topological polar surface area (TPSA) is 9.23 Å². The molecule has 0 aliphatic heterocycles. The Kier molecular flexibility index (Phi) is 3.74. The van der Waals surface area contributed by atoms with Crippen molar-refractivity contribution in [2.75, 3.05) is 0 Å². The third-order valence-corrected chi connectivity index (χ3v) is 2.80. The van der Waals surface area contributed by atoms with E-state index in [-0.39, 0.29) is 18.2 Å². The van der Waals surface area contributed by atoms with Gasteiger partial charge in [0.15, 0.2) is 0 Å². The van der Waals surface area contributed by atoms with Crippen molar-refractivity contribution < 1.29 is 13.5 Å². The summed E-state index contributed by atoms with van der Waals surface area (Å²) in [4.78, 5) is 0. The average Bonchev–Trinajstić information content (AvgIpc) is 2.28. The fraction of sp³-hybridized carbons (Fsp3) is 0.0769. The van der Waals surface area contributed by atoms with E-state index in [9.17, 15) is 8.78 Å². The van der Waals surface area contributed by atoms with Crippen LogP contribution in [-0.4, -0.2) is 0 Å². The predicted octanol–water partition coefficient (Wildman–Crippen LogP) is 4.31. The van der Waals surface area contributed by atoms with E-state index in [0.29, 0.717) is 10.2 Å². The van der Waals surface area contributed by atoms with Gasteiger partial charge in [0.2, 0.25) is 0 Å². The molecule has 2 aromatic rings. The molecule has 0 aromatic heterocycles. The molecule has 4 heteroatoms. The van der Waals surface area contributed by atoms with Crippen LogP contribution < -0.4 is 4.74 Å². The summed E-state index contributed by atoms with van der Waals surface area (Å²) in [5.41, 5.74) is 0.723. The largest absolute Gasteiger partial charge is 0.488 e. The summed E-state index contributed by atoms with van der Waals surface area (Å²) in [6.45, 7) is 0.238. The Morgan fingerprint density at radius 3 is 2.47 bits per heavy atom. The van der Waals surface area contributed by atoms with E-state index in [2.05, 4.69) is 15.9 Å². The smallest absolute Gasteiger partial charge is 0.134 e. The second-order valence-electron chi connectivity index (χ2n) is 3.49. The molecule has 0 aliphatic carbocycles. The Morgan fingerprint density at radius 1 is 1.00 bits per heavy atom. The summed E-state index contributed by atoms with van der Waals surface area (Å²) in [6.07, 6.45) is 0. The van der Waals surface area contributed by atoms with Gasteiger partial charge >= 0.3 is 0 Å². The van der Waals surface area contributed by atoms with Gasteiger partial charge in [-0.3, -0.25) is 0 Å². The molecular formula is C13H9BrF2O. The molecule has 0 N–H and O–H groups in total. The normalized spacial score (nSPS) is 10.3. The zero-order valence-corrected chi connectivity index (χ0v) is 10.4. The molecule has 0 saturated heterocycles. The minimum Gasteiger partial charge on any atom is -0.488 e. The van der Waals surface area contributed by atoms with Crippen molar-refractivity contribution in [3.8, 4) is 5.75 Å². The maximum absolute atomic E-state index is 12.9. The van der Waals surface area contributed by atoms with Gasteiger partial charge in [0.1, 0.15) is 24.0 Å². The van der Waals surface area contributed by atoms with Crippen LogP contribution in [0.1, 0.15) is 5.56 Å². The maximum atomic E-state index is 12.9. The van der Waals surface area contributed by atoms with Gasteiger partial charge in [0.25, 0.3) is 0 Å². The van der Waals surface area contributed by atoms with Crippen LogP contribution in [0, 0.1) is 11.6 Å². The summed E-state index contributed by atoms with van der Waals surface area (Å²) < 4.78 is 31.7. The SMILES string of the molecule is Fc1cccc(COc2ccc(F)cc2Br)c1. The molecule has 0 radical (unpaired) electrons. The zero-order chi connectivity index (χ0) is 12.3. The second-order valence-corrected chi connectivity index (χ2v) is 4.35. The highest BCUT2D eigenvalue weighted by molar-refractivity contribution is 9.10. The van der Waals surface area contributed by atoms with Crippen LogP contribution in [0.25, 0.3) is 0 Å². The van der Waals surface area contributed by atoms with Crippen molar-refractivity contribution >= 4 is 15.9 Å². The molecule has 0 aliphatic rings. The van der Waals surface area contributed by atoms with Crippen molar-refractivity contribution in [1.82, 2.24) is 0 Å². The maximum Gasteiger partial charge on any atom is 0.134 e. The lowest BCUT2D eigenvalue weighted by Crippen LogP contribution is -1.96. The summed E-state index contributed by atoms with van der Waals surface area (Å²) in [7, 11) is 0. The molecule has 0 amide bonds. The van der Waals surface area contributed by atoms with E-state index in [1.807, 2.05) is 0 Å². The lowest BCUT2D eigenvalue weighted by atomic mass is 10.2. The van der Waals surface area contributed by atoms with Crippen molar-refractivity contribution in [3.63, 3.8) is 0 Å². The van der Waals surface area contributed by atoms with Crippen molar-refractivity contribution in [2.45, 2.75) is 6.61 Å². The molecule has 0 bridgehead atoms. The van der Waals surface area contributed by atoms with Crippen LogP contribution in [0.5, 0.6) is 5.75 Å². The number of ether oxygens (including phenoxy) is 1. The fourth-order valence-electron chi connectivity index (χ4n) is 1.38. The van der Waals surface area contributed by atoms with Gasteiger partial charge in [-0.2, -0.15) is 0 Å². The van der Waals surface area contributed by atoms with Gasteiger partial charge in [0, 0.05) is 0 Å². The van der Waals surface area contributed by atoms with Crippen LogP contribution in [0.2, 0.25) is 0 Å². The summed E-state index contributed by atoms with van der Waals surface area (Å²) in [5.74, 6) is -0.116. The fourth-order valence-corrected chi connectivity index (χ4v) is 1.85. The third kappa shape index (κ3) is 3.27. The average molecular weight is 299 g/mol. The van der Waals surface area contributed by atoms with E-state index in [4.69, 9.17) is 4.74 Å². The van der Waals surface area contributed by atoms with E-state index in [1.54, 1.807) is 12.1 Å². The molecule has 0 atom stereocenters. The van der Waals surface area contributed by atoms with Crippen LogP contribution in [0.15, 0.2) is 46.9 Å². The van der Waals surface area contributed by atoms with Gasteiger partial charge in [-0.25, -0.2) is 8.78 Å². The van der Waals surface area contributed by atoms with Crippen LogP contribution >= 0.6 is 15.9 Å². The number of benzene rings is 2. The molecular weight excluding hydrogens is 290 g/mol. The molecule has 0 spiro atoms. The first-order chi connectivity index (χ1) is 8.15. The highest BCUT2D eigenvalue weighted by atomic mass is 79.9. The molecule has 2 rings (SSSR count).